The molecule has 1 aliphatic heterocycles. The SMILES string of the molecule is CC(C)(C(=O)O)C(Cc1ccccc1)N1CCCCC1. The second-order valence-electron chi connectivity index (χ2n) is 6.33. The fourth-order valence-electron chi connectivity index (χ4n) is 3.05. The lowest BCUT2D eigenvalue weighted by molar-refractivity contribution is -0.151. The van der Waals surface area contributed by atoms with Crippen LogP contribution in [0, 0.1) is 5.41 Å². The number of nitrogens with zero attached hydrogens (tertiary/aromatic N) is 1. The number of piperidine rings is 1. The topological polar surface area (TPSA) is 40.5 Å². The van der Waals surface area contributed by atoms with Crippen molar-refractivity contribution in [3.63, 3.8) is 0 Å². The summed E-state index contributed by atoms with van der Waals surface area (Å²) in [5.74, 6) is -0.705. The first-order valence-corrected chi connectivity index (χ1v) is 7.53. The summed E-state index contributed by atoms with van der Waals surface area (Å²) in [6.45, 7) is 5.76. The third kappa shape index (κ3) is 3.40. The van der Waals surface area contributed by atoms with Gasteiger partial charge in [0.1, 0.15) is 0 Å². The lowest BCUT2D eigenvalue weighted by Crippen LogP contribution is -2.52. The molecule has 1 aliphatic rings. The Hall–Kier alpha value is -1.35. The van der Waals surface area contributed by atoms with Gasteiger partial charge in [0, 0.05) is 6.04 Å². The molecule has 0 bridgehead atoms. The van der Waals surface area contributed by atoms with Gasteiger partial charge in [-0.25, -0.2) is 0 Å². The Labute approximate surface area is 121 Å². The van der Waals surface area contributed by atoms with E-state index < -0.39 is 11.4 Å². The molecule has 1 N–H and O–H groups in total. The van der Waals surface area contributed by atoms with Gasteiger partial charge in [-0.05, 0) is 51.8 Å². The molecule has 0 aliphatic carbocycles. The number of carboxylic acids is 1. The number of carbonyl (C=O) groups is 1. The van der Waals surface area contributed by atoms with Gasteiger partial charge in [0.2, 0.25) is 0 Å². The maximum atomic E-state index is 11.7. The maximum Gasteiger partial charge on any atom is 0.310 e. The molecule has 1 fully saturated rings. The fraction of sp³-hybridized carbons (Fsp3) is 0.588. The van der Waals surface area contributed by atoms with Crippen LogP contribution in [0.2, 0.25) is 0 Å². The summed E-state index contributed by atoms with van der Waals surface area (Å²) < 4.78 is 0. The Morgan fingerprint density at radius 3 is 2.35 bits per heavy atom. The smallest absolute Gasteiger partial charge is 0.310 e. The first kappa shape index (κ1) is 15.0. The molecule has 0 saturated carbocycles. The van der Waals surface area contributed by atoms with Gasteiger partial charge < -0.3 is 5.11 Å². The zero-order chi connectivity index (χ0) is 14.6. The van der Waals surface area contributed by atoms with Gasteiger partial charge in [0.25, 0.3) is 0 Å². The van der Waals surface area contributed by atoms with E-state index in [1.54, 1.807) is 0 Å². The number of hydrogen-bond acceptors (Lipinski definition) is 2. The normalized spacial score (nSPS) is 18.7. The highest BCUT2D eigenvalue weighted by Crippen LogP contribution is 2.30. The third-order valence-electron chi connectivity index (χ3n) is 4.49. The van der Waals surface area contributed by atoms with Crippen LogP contribution in [0.1, 0.15) is 38.7 Å². The minimum absolute atomic E-state index is 0.0581. The average molecular weight is 275 g/mol. The molecule has 0 spiro atoms. The van der Waals surface area contributed by atoms with Gasteiger partial charge in [0.15, 0.2) is 0 Å². The number of carboxylic acid groups (broad SMARTS) is 1. The molecule has 1 unspecified atom stereocenters. The molecule has 0 aromatic heterocycles. The molecule has 1 aromatic rings. The van der Waals surface area contributed by atoms with E-state index in [1.165, 1.54) is 24.8 Å². The van der Waals surface area contributed by atoms with Crippen molar-refractivity contribution in [1.29, 1.82) is 0 Å². The Morgan fingerprint density at radius 2 is 1.80 bits per heavy atom. The van der Waals surface area contributed by atoms with E-state index in [2.05, 4.69) is 17.0 Å². The predicted octanol–water partition coefficient (Wildman–Crippen LogP) is 3.19. The van der Waals surface area contributed by atoms with Gasteiger partial charge in [-0.15, -0.1) is 0 Å². The highest BCUT2D eigenvalue weighted by molar-refractivity contribution is 5.74. The molecule has 20 heavy (non-hydrogen) atoms. The number of hydrogen-bond donors (Lipinski definition) is 1. The van der Waals surface area contributed by atoms with Crippen molar-refractivity contribution in [2.24, 2.45) is 5.41 Å². The predicted molar refractivity (Wildman–Crippen MR) is 80.8 cm³/mol. The van der Waals surface area contributed by atoms with Crippen molar-refractivity contribution in [2.45, 2.75) is 45.6 Å². The largest absolute Gasteiger partial charge is 0.481 e. The molecule has 1 atom stereocenters. The molecule has 3 heteroatoms. The highest BCUT2D eigenvalue weighted by atomic mass is 16.4. The van der Waals surface area contributed by atoms with Crippen LogP contribution in [-0.2, 0) is 11.2 Å². The van der Waals surface area contributed by atoms with Gasteiger partial charge in [-0.2, -0.15) is 0 Å². The Morgan fingerprint density at radius 1 is 1.20 bits per heavy atom. The minimum Gasteiger partial charge on any atom is -0.481 e. The van der Waals surface area contributed by atoms with E-state index in [4.69, 9.17) is 0 Å². The molecule has 1 heterocycles. The lowest BCUT2D eigenvalue weighted by Gasteiger charge is -2.41. The molecular weight excluding hydrogens is 250 g/mol. The molecule has 1 aromatic carbocycles. The van der Waals surface area contributed by atoms with Gasteiger partial charge in [-0.3, -0.25) is 9.69 Å². The summed E-state index contributed by atoms with van der Waals surface area (Å²) in [6.07, 6.45) is 4.43. The number of rotatable bonds is 5. The van der Waals surface area contributed by atoms with E-state index in [0.717, 1.165) is 19.5 Å². The Bertz CT molecular complexity index is 436. The van der Waals surface area contributed by atoms with Crippen LogP contribution in [0.5, 0.6) is 0 Å². The summed E-state index contributed by atoms with van der Waals surface area (Å²) in [6, 6.07) is 10.3. The van der Waals surface area contributed by atoms with Gasteiger partial charge in [0.05, 0.1) is 5.41 Å². The monoisotopic (exact) mass is 275 g/mol. The van der Waals surface area contributed by atoms with E-state index in [-0.39, 0.29) is 6.04 Å². The molecule has 0 radical (unpaired) electrons. The number of likely N-dealkylation sites (tertiary alicyclic amines) is 1. The summed E-state index contributed by atoms with van der Waals surface area (Å²) in [7, 11) is 0. The van der Waals surface area contributed by atoms with Crippen molar-refractivity contribution in [1.82, 2.24) is 4.90 Å². The standard InChI is InChI=1S/C17H25NO2/c1-17(2,16(19)20)15(18-11-7-4-8-12-18)13-14-9-5-3-6-10-14/h3,5-6,9-10,15H,4,7-8,11-13H2,1-2H3,(H,19,20). The van der Waals surface area contributed by atoms with E-state index in [1.807, 2.05) is 32.0 Å². The number of benzene rings is 1. The summed E-state index contributed by atoms with van der Waals surface area (Å²) in [5, 5.41) is 9.59. The van der Waals surface area contributed by atoms with Crippen molar-refractivity contribution < 1.29 is 9.90 Å². The molecular formula is C17H25NO2. The summed E-state index contributed by atoms with van der Waals surface area (Å²) >= 11 is 0. The van der Waals surface area contributed by atoms with E-state index >= 15 is 0 Å². The third-order valence-corrected chi connectivity index (χ3v) is 4.49. The van der Waals surface area contributed by atoms with Crippen LogP contribution >= 0.6 is 0 Å². The maximum absolute atomic E-state index is 11.7. The Kier molecular flexibility index (Phi) is 4.81. The van der Waals surface area contributed by atoms with E-state index in [9.17, 15) is 9.90 Å². The molecule has 0 amide bonds. The second-order valence-corrected chi connectivity index (χ2v) is 6.33. The van der Waals surface area contributed by atoms with Crippen molar-refractivity contribution in [2.75, 3.05) is 13.1 Å². The zero-order valence-electron chi connectivity index (χ0n) is 12.5. The van der Waals surface area contributed by atoms with Crippen LogP contribution in [-0.4, -0.2) is 35.1 Å². The minimum atomic E-state index is -0.729. The first-order valence-electron chi connectivity index (χ1n) is 7.53. The molecule has 3 nitrogen and oxygen atoms in total. The lowest BCUT2D eigenvalue weighted by atomic mass is 9.79. The zero-order valence-corrected chi connectivity index (χ0v) is 12.5. The van der Waals surface area contributed by atoms with Gasteiger partial charge >= 0.3 is 5.97 Å². The van der Waals surface area contributed by atoms with Crippen molar-refractivity contribution in [3.8, 4) is 0 Å². The van der Waals surface area contributed by atoms with Crippen LogP contribution in [0.4, 0.5) is 0 Å². The van der Waals surface area contributed by atoms with Gasteiger partial charge in [-0.1, -0.05) is 36.8 Å². The summed E-state index contributed by atoms with van der Waals surface area (Å²) in [5.41, 5.74) is 0.491. The van der Waals surface area contributed by atoms with Crippen LogP contribution in [0.25, 0.3) is 0 Å². The fourth-order valence-corrected chi connectivity index (χ4v) is 3.05. The second kappa shape index (κ2) is 6.40. The molecule has 2 rings (SSSR count). The quantitative estimate of drug-likeness (QED) is 0.897. The highest BCUT2D eigenvalue weighted by Gasteiger charge is 2.40. The molecule has 110 valence electrons. The summed E-state index contributed by atoms with van der Waals surface area (Å²) in [4.78, 5) is 14.0. The van der Waals surface area contributed by atoms with Crippen LogP contribution in [0.15, 0.2) is 30.3 Å². The number of aliphatic carboxylic acids is 1. The average Bonchev–Trinajstić information content (AvgIpc) is 2.46. The van der Waals surface area contributed by atoms with Crippen LogP contribution < -0.4 is 0 Å². The van der Waals surface area contributed by atoms with Crippen LogP contribution in [0.3, 0.4) is 0 Å². The van der Waals surface area contributed by atoms with Crippen molar-refractivity contribution >= 4 is 5.97 Å². The van der Waals surface area contributed by atoms with Crippen molar-refractivity contribution in [3.05, 3.63) is 35.9 Å². The van der Waals surface area contributed by atoms with E-state index in [0.29, 0.717) is 0 Å². The Balaban J connectivity index is 2.21. The molecule has 1 saturated heterocycles. The first-order chi connectivity index (χ1) is 9.51.